The van der Waals surface area contributed by atoms with Crippen molar-refractivity contribution in [3.05, 3.63) is 105 Å². The molecule has 0 fully saturated rings. The minimum Gasteiger partial charge on any atom is -0.334 e. The van der Waals surface area contributed by atoms with Crippen molar-refractivity contribution in [3.63, 3.8) is 0 Å². The molecule has 0 saturated carbocycles. The fourth-order valence-electron chi connectivity index (χ4n) is 6.78. The maximum absolute atomic E-state index is 15.6. The van der Waals surface area contributed by atoms with Crippen LogP contribution in [0.3, 0.4) is 0 Å². The van der Waals surface area contributed by atoms with Crippen molar-refractivity contribution in [2.24, 2.45) is 0 Å². The van der Waals surface area contributed by atoms with E-state index in [2.05, 4.69) is 29.9 Å². The van der Waals surface area contributed by atoms with E-state index >= 15 is 4.39 Å². The van der Waals surface area contributed by atoms with E-state index in [1.807, 2.05) is 38.1 Å². The molecule has 0 radical (unpaired) electrons. The van der Waals surface area contributed by atoms with Crippen LogP contribution in [0.2, 0.25) is 10.0 Å². The van der Waals surface area contributed by atoms with Crippen LogP contribution in [-0.2, 0) is 12.8 Å². The Morgan fingerprint density at radius 1 is 0.851 bits per heavy atom. The third-order valence-electron chi connectivity index (χ3n) is 9.30. The van der Waals surface area contributed by atoms with Crippen molar-refractivity contribution in [1.29, 1.82) is 0 Å². The number of para-hydroxylation sites is 1. The van der Waals surface area contributed by atoms with Gasteiger partial charge in [-0.25, -0.2) is 14.4 Å². The highest BCUT2D eigenvalue weighted by atomic mass is 35.5. The van der Waals surface area contributed by atoms with Gasteiger partial charge in [0.2, 0.25) is 0 Å². The van der Waals surface area contributed by atoms with E-state index in [4.69, 9.17) is 23.2 Å². The van der Waals surface area contributed by atoms with Gasteiger partial charge in [0.15, 0.2) is 17.5 Å². The summed E-state index contributed by atoms with van der Waals surface area (Å²) in [5.74, 6) is -1.02. The third kappa shape index (κ3) is 4.75. The van der Waals surface area contributed by atoms with Crippen LogP contribution in [0.5, 0.6) is 0 Å². The van der Waals surface area contributed by atoms with Gasteiger partial charge in [-0.05, 0) is 55.3 Å². The Morgan fingerprint density at radius 2 is 1.53 bits per heavy atom. The Balaban J connectivity index is 1.10. The Labute approximate surface area is 278 Å². The third-order valence-corrected chi connectivity index (χ3v) is 10.00. The number of amides is 2. The molecule has 13 heteroatoms. The molecule has 2 aliphatic heterocycles. The van der Waals surface area contributed by atoms with Crippen LogP contribution < -0.4 is 0 Å². The molecule has 2 aliphatic rings. The molecule has 47 heavy (non-hydrogen) atoms. The SMILES string of the molecule is C[C@@H]1c2cc(-c3cc(F)c4nc(C(=O)N5CCc6ncccc6[C@H]5C)[nH]c4c3Cl)cnc2CCN1C(=O)c1nc2c(Cl)cccc2[nH]1. The molecule has 2 aromatic carbocycles. The number of rotatable bonds is 3. The van der Waals surface area contributed by atoms with Crippen LogP contribution >= 0.6 is 23.2 Å². The second kappa shape index (κ2) is 11.1. The van der Waals surface area contributed by atoms with Crippen LogP contribution in [0.4, 0.5) is 4.39 Å². The molecule has 0 saturated heterocycles. The second-order valence-corrected chi connectivity index (χ2v) is 12.7. The lowest BCUT2D eigenvalue weighted by Crippen LogP contribution is -2.39. The Hall–Kier alpha value is -4.87. The Kier molecular flexibility index (Phi) is 6.99. The smallest absolute Gasteiger partial charge is 0.290 e. The summed E-state index contributed by atoms with van der Waals surface area (Å²) in [6, 6.07) is 11.8. The van der Waals surface area contributed by atoms with Crippen molar-refractivity contribution in [1.82, 2.24) is 39.7 Å². The van der Waals surface area contributed by atoms with E-state index in [1.165, 1.54) is 6.07 Å². The second-order valence-electron chi connectivity index (χ2n) is 11.9. The molecule has 2 atom stereocenters. The zero-order valence-corrected chi connectivity index (χ0v) is 26.8. The first-order valence-corrected chi connectivity index (χ1v) is 16.0. The Bertz CT molecular complexity index is 2270. The van der Waals surface area contributed by atoms with Crippen LogP contribution in [0, 0.1) is 5.82 Å². The predicted octanol–water partition coefficient (Wildman–Crippen LogP) is 6.86. The molecule has 0 bridgehead atoms. The number of fused-ring (bicyclic) bond motifs is 4. The summed E-state index contributed by atoms with van der Waals surface area (Å²) in [6.45, 7) is 4.78. The first-order chi connectivity index (χ1) is 22.7. The molecular weight excluding hydrogens is 642 g/mol. The number of imidazole rings is 2. The number of H-pyrrole nitrogens is 2. The minimum atomic E-state index is -0.623. The highest BCUT2D eigenvalue weighted by Gasteiger charge is 2.33. The summed E-state index contributed by atoms with van der Waals surface area (Å²) in [7, 11) is 0. The summed E-state index contributed by atoms with van der Waals surface area (Å²) in [5, 5.41) is 0.675. The van der Waals surface area contributed by atoms with Gasteiger partial charge in [-0.2, -0.15) is 0 Å². The fourth-order valence-corrected chi connectivity index (χ4v) is 7.30. The highest BCUT2D eigenvalue weighted by Crippen LogP contribution is 2.39. The average Bonchev–Trinajstić information content (AvgIpc) is 3.73. The van der Waals surface area contributed by atoms with Gasteiger partial charge in [0, 0.05) is 60.8 Å². The summed E-state index contributed by atoms with van der Waals surface area (Å²) >= 11 is 13.2. The molecule has 0 aliphatic carbocycles. The van der Waals surface area contributed by atoms with Crippen molar-refractivity contribution in [2.45, 2.75) is 38.8 Å². The van der Waals surface area contributed by atoms with E-state index < -0.39 is 5.82 Å². The Morgan fingerprint density at radius 3 is 2.28 bits per heavy atom. The van der Waals surface area contributed by atoms with E-state index in [9.17, 15) is 9.59 Å². The minimum absolute atomic E-state index is 0.00959. The van der Waals surface area contributed by atoms with Crippen LogP contribution in [0.1, 0.15) is 69.7 Å². The number of nitrogens with zero attached hydrogens (tertiary/aromatic N) is 6. The first kappa shape index (κ1) is 29.5. The van der Waals surface area contributed by atoms with Crippen molar-refractivity contribution in [2.75, 3.05) is 13.1 Å². The number of halogens is 3. The molecule has 2 amide bonds. The molecule has 10 nitrogen and oxygen atoms in total. The van der Waals surface area contributed by atoms with Gasteiger partial charge in [-0.1, -0.05) is 35.3 Å². The molecule has 2 N–H and O–H groups in total. The largest absolute Gasteiger partial charge is 0.334 e. The normalized spacial score (nSPS) is 17.6. The fraction of sp³-hybridized carbons (Fsp3) is 0.235. The molecule has 6 heterocycles. The molecule has 0 unspecified atom stereocenters. The molecule has 0 spiro atoms. The maximum Gasteiger partial charge on any atom is 0.290 e. The van der Waals surface area contributed by atoms with Gasteiger partial charge in [0.25, 0.3) is 11.8 Å². The van der Waals surface area contributed by atoms with Crippen molar-refractivity contribution < 1.29 is 14.0 Å². The number of aromatic amines is 2. The van der Waals surface area contributed by atoms with E-state index in [-0.39, 0.29) is 51.6 Å². The van der Waals surface area contributed by atoms with Gasteiger partial charge in [0.1, 0.15) is 11.0 Å². The number of hydrogen-bond acceptors (Lipinski definition) is 6. The summed E-state index contributed by atoms with van der Waals surface area (Å²) < 4.78 is 15.6. The van der Waals surface area contributed by atoms with E-state index in [0.717, 1.165) is 22.5 Å². The number of aromatic nitrogens is 6. The summed E-state index contributed by atoms with van der Waals surface area (Å²) in [5.41, 5.74) is 6.00. The lowest BCUT2D eigenvalue weighted by molar-refractivity contribution is 0.0657. The van der Waals surface area contributed by atoms with Gasteiger partial charge < -0.3 is 19.8 Å². The van der Waals surface area contributed by atoms with Crippen molar-refractivity contribution >= 4 is 57.1 Å². The molecule has 6 aromatic rings. The van der Waals surface area contributed by atoms with Gasteiger partial charge in [-0.15, -0.1) is 0 Å². The summed E-state index contributed by atoms with van der Waals surface area (Å²) in [4.78, 5) is 54.6. The number of pyridine rings is 2. The van der Waals surface area contributed by atoms with Crippen molar-refractivity contribution in [3.8, 4) is 11.1 Å². The van der Waals surface area contributed by atoms with Gasteiger partial charge in [-0.3, -0.25) is 19.6 Å². The number of benzene rings is 2. The number of carbonyl (C=O) groups excluding carboxylic acids is 2. The number of nitrogens with one attached hydrogen (secondary N) is 2. The maximum atomic E-state index is 15.6. The number of carbonyl (C=O) groups is 2. The zero-order chi connectivity index (χ0) is 32.6. The predicted molar refractivity (Wildman–Crippen MR) is 176 cm³/mol. The lowest BCUT2D eigenvalue weighted by atomic mass is 9.94. The topological polar surface area (TPSA) is 124 Å². The lowest BCUT2D eigenvalue weighted by Gasteiger charge is -2.34. The molecule has 8 rings (SSSR count). The molecule has 4 aromatic heterocycles. The van der Waals surface area contributed by atoms with Gasteiger partial charge in [0.05, 0.1) is 33.2 Å². The van der Waals surface area contributed by atoms with Crippen LogP contribution in [0.15, 0.2) is 54.9 Å². The van der Waals surface area contributed by atoms with Crippen LogP contribution in [-0.4, -0.2) is 64.6 Å². The van der Waals surface area contributed by atoms with Crippen LogP contribution in [0.25, 0.3) is 33.2 Å². The van der Waals surface area contributed by atoms with E-state index in [0.29, 0.717) is 53.1 Å². The highest BCUT2D eigenvalue weighted by molar-refractivity contribution is 6.38. The number of hydrogen-bond donors (Lipinski definition) is 2. The first-order valence-electron chi connectivity index (χ1n) is 15.3. The van der Waals surface area contributed by atoms with Gasteiger partial charge >= 0.3 is 0 Å². The molecule has 236 valence electrons. The quantitative estimate of drug-likeness (QED) is 0.212. The van der Waals surface area contributed by atoms with E-state index in [1.54, 1.807) is 34.3 Å². The standard InChI is InChI=1S/C34H27Cl2FN8O2/c1-16-19-5-4-10-38-24(19)8-11-44(16)34(47)32-42-29-23(37)14-21(27(36)30(29)43-32)18-13-20-17(2)45(12-9-25(20)39-15-18)33(46)31-40-26-7-3-6-22(35)28(26)41-31/h3-7,10,13-17H,8-9,11-12H2,1-2H3,(H,40,41)(H,42,43)/t16-,17-/m1/s1. The monoisotopic (exact) mass is 668 g/mol. The molecular formula is C34H27Cl2FN8O2. The zero-order valence-electron chi connectivity index (χ0n) is 25.3. The average molecular weight is 670 g/mol. The summed E-state index contributed by atoms with van der Waals surface area (Å²) in [6.07, 6.45) is 4.55.